The monoisotopic (exact) mass is 256 g/mol. The second kappa shape index (κ2) is 5.70. The quantitative estimate of drug-likeness (QED) is 0.881. The van der Waals surface area contributed by atoms with Crippen molar-refractivity contribution in [3.63, 3.8) is 0 Å². The van der Waals surface area contributed by atoms with Gasteiger partial charge in [-0.25, -0.2) is 0 Å². The minimum absolute atomic E-state index is 0.295. The highest BCUT2D eigenvalue weighted by molar-refractivity contribution is 5.82. The van der Waals surface area contributed by atoms with Crippen LogP contribution in [0.2, 0.25) is 0 Å². The van der Waals surface area contributed by atoms with Crippen LogP contribution < -0.4 is 5.32 Å². The van der Waals surface area contributed by atoms with Crippen molar-refractivity contribution < 1.29 is 0 Å². The van der Waals surface area contributed by atoms with Crippen LogP contribution in [0.4, 0.5) is 0 Å². The van der Waals surface area contributed by atoms with Gasteiger partial charge in [-0.15, -0.1) is 0 Å². The highest BCUT2D eigenvalue weighted by Crippen LogP contribution is 2.32. The van der Waals surface area contributed by atoms with Gasteiger partial charge in [0.15, 0.2) is 0 Å². The van der Waals surface area contributed by atoms with Crippen LogP contribution in [0.5, 0.6) is 0 Å². The molecule has 1 heterocycles. The molecule has 0 bridgehead atoms. The van der Waals surface area contributed by atoms with E-state index in [1.165, 1.54) is 10.9 Å². The molecule has 1 unspecified atom stereocenters. The minimum atomic E-state index is 0.295. The molecule has 2 heteroatoms. The molecule has 1 aromatic heterocycles. The Morgan fingerprint density at radius 1 is 1.16 bits per heavy atom. The van der Waals surface area contributed by atoms with Crippen LogP contribution in [-0.4, -0.2) is 11.5 Å². The summed E-state index contributed by atoms with van der Waals surface area (Å²) >= 11 is 0. The van der Waals surface area contributed by atoms with Gasteiger partial charge in [-0.05, 0) is 30.0 Å². The predicted octanol–water partition coefficient (Wildman–Crippen LogP) is 4.32. The van der Waals surface area contributed by atoms with Gasteiger partial charge in [0.1, 0.15) is 0 Å². The molecule has 19 heavy (non-hydrogen) atoms. The summed E-state index contributed by atoms with van der Waals surface area (Å²) < 4.78 is 0. The third-order valence-electron chi connectivity index (χ3n) is 3.31. The number of fused-ring (bicyclic) bond motifs is 1. The van der Waals surface area contributed by atoms with Crippen molar-refractivity contribution in [1.82, 2.24) is 10.3 Å². The standard InChI is InChI=1S/C17H24N2/c1-5-18-15(12-17(2,3)4)14-10-6-8-13-9-7-11-19-16(13)14/h6-11,15,18H,5,12H2,1-4H3. The van der Waals surface area contributed by atoms with E-state index in [0.29, 0.717) is 11.5 Å². The molecule has 2 rings (SSSR count). The van der Waals surface area contributed by atoms with Crippen LogP contribution in [0.3, 0.4) is 0 Å². The fourth-order valence-corrected chi connectivity index (χ4v) is 2.56. The molecular formula is C17H24N2. The van der Waals surface area contributed by atoms with E-state index in [4.69, 9.17) is 0 Å². The maximum Gasteiger partial charge on any atom is 0.0749 e. The molecule has 2 nitrogen and oxygen atoms in total. The summed E-state index contributed by atoms with van der Waals surface area (Å²) in [4.78, 5) is 4.57. The van der Waals surface area contributed by atoms with Crippen LogP contribution in [-0.2, 0) is 0 Å². The molecule has 1 aromatic carbocycles. The second-order valence-electron chi connectivity index (χ2n) is 6.30. The lowest BCUT2D eigenvalue weighted by atomic mass is 9.85. The van der Waals surface area contributed by atoms with Crippen molar-refractivity contribution in [1.29, 1.82) is 0 Å². The SMILES string of the molecule is CCNC(CC(C)(C)C)c1cccc2cccnc12. The van der Waals surface area contributed by atoms with Gasteiger partial charge in [0.2, 0.25) is 0 Å². The molecular weight excluding hydrogens is 232 g/mol. The number of pyridine rings is 1. The zero-order valence-electron chi connectivity index (χ0n) is 12.4. The molecule has 0 aliphatic heterocycles. The van der Waals surface area contributed by atoms with Crippen molar-refractivity contribution >= 4 is 10.9 Å². The lowest BCUT2D eigenvalue weighted by Gasteiger charge is -2.27. The first-order valence-electron chi connectivity index (χ1n) is 7.08. The van der Waals surface area contributed by atoms with E-state index in [1.807, 2.05) is 12.3 Å². The number of benzene rings is 1. The molecule has 1 N–H and O–H groups in total. The normalized spacial score (nSPS) is 13.7. The predicted molar refractivity (Wildman–Crippen MR) is 82.2 cm³/mol. The maximum atomic E-state index is 4.57. The number of aromatic nitrogens is 1. The Kier molecular flexibility index (Phi) is 4.20. The number of hydrogen-bond donors (Lipinski definition) is 1. The number of nitrogens with zero attached hydrogens (tertiary/aromatic N) is 1. The third kappa shape index (κ3) is 3.54. The van der Waals surface area contributed by atoms with Crippen molar-refractivity contribution in [2.45, 2.75) is 40.2 Å². The first-order valence-corrected chi connectivity index (χ1v) is 7.08. The van der Waals surface area contributed by atoms with Gasteiger partial charge in [-0.3, -0.25) is 4.98 Å². The molecule has 0 saturated carbocycles. The van der Waals surface area contributed by atoms with Gasteiger partial charge >= 0.3 is 0 Å². The molecule has 0 saturated heterocycles. The summed E-state index contributed by atoms with van der Waals surface area (Å²) in [6, 6.07) is 11.0. The van der Waals surface area contributed by atoms with E-state index < -0.39 is 0 Å². The summed E-state index contributed by atoms with van der Waals surface area (Å²) in [6.07, 6.45) is 2.99. The topological polar surface area (TPSA) is 24.9 Å². The Hall–Kier alpha value is -1.41. The maximum absolute atomic E-state index is 4.57. The Morgan fingerprint density at radius 2 is 1.89 bits per heavy atom. The fourth-order valence-electron chi connectivity index (χ4n) is 2.56. The van der Waals surface area contributed by atoms with Crippen LogP contribution >= 0.6 is 0 Å². The zero-order chi connectivity index (χ0) is 13.9. The summed E-state index contributed by atoms with van der Waals surface area (Å²) in [7, 11) is 0. The van der Waals surface area contributed by atoms with Gasteiger partial charge in [0, 0.05) is 17.6 Å². The second-order valence-corrected chi connectivity index (χ2v) is 6.30. The minimum Gasteiger partial charge on any atom is -0.310 e. The molecule has 0 aliphatic rings. The number of para-hydroxylation sites is 1. The van der Waals surface area contributed by atoms with Gasteiger partial charge in [-0.2, -0.15) is 0 Å². The van der Waals surface area contributed by atoms with Gasteiger partial charge in [-0.1, -0.05) is 52.0 Å². The lowest BCUT2D eigenvalue weighted by Crippen LogP contribution is -2.25. The van der Waals surface area contributed by atoms with Crippen molar-refractivity contribution in [2.75, 3.05) is 6.54 Å². The van der Waals surface area contributed by atoms with E-state index in [1.54, 1.807) is 0 Å². The Morgan fingerprint density at radius 3 is 2.58 bits per heavy atom. The smallest absolute Gasteiger partial charge is 0.0749 e. The summed E-state index contributed by atoms with van der Waals surface area (Å²) in [5, 5.41) is 4.83. The van der Waals surface area contributed by atoms with E-state index in [-0.39, 0.29) is 0 Å². The average molecular weight is 256 g/mol. The Labute approximate surface area is 116 Å². The van der Waals surface area contributed by atoms with Crippen molar-refractivity contribution in [3.8, 4) is 0 Å². The molecule has 102 valence electrons. The van der Waals surface area contributed by atoms with Gasteiger partial charge < -0.3 is 5.32 Å². The highest BCUT2D eigenvalue weighted by Gasteiger charge is 2.21. The fraction of sp³-hybridized carbons (Fsp3) is 0.471. The first kappa shape index (κ1) is 14.0. The number of rotatable bonds is 4. The van der Waals surface area contributed by atoms with Crippen LogP contribution in [0.25, 0.3) is 10.9 Å². The van der Waals surface area contributed by atoms with E-state index in [9.17, 15) is 0 Å². The zero-order valence-corrected chi connectivity index (χ0v) is 12.4. The first-order chi connectivity index (χ1) is 9.01. The molecule has 2 aromatic rings. The molecule has 0 spiro atoms. The molecule has 0 radical (unpaired) electrons. The Bertz CT molecular complexity index is 535. The van der Waals surface area contributed by atoms with E-state index in [0.717, 1.165) is 18.5 Å². The number of nitrogens with one attached hydrogen (secondary N) is 1. The van der Waals surface area contributed by atoms with Crippen LogP contribution in [0, 0.1) is 5.41 Å². The average Bonchev–Trinajstić information content (AvgIpc) is 2.36. The molecule has 0 fully saturated rings. The van der Waals surface area contributed by atoms with Gasteiger partial charge in [0.05, 0.1) is 5.52 Å². The Balaban J connectivity index is 2.44. The summed E-state index contributed by atoms with van der Waals surface area (Å²) in [6.45, 7) is 10.00. The highest BCUT2D eigenvalue weighted by atomic mass is 14.9. The van der Waals surface area contributed by atoms with Crippen molar-refractivity contribution in [3.05, 3.63) is 42.1 Å². The van der Waals surface area contributed by atoms with Gasteiger partial charge in [0.25, 0.3) is 0 Å². The van der Waals surface area contributed by atoms with Crippen LogP contribution in [0.1, 0.15) is 45.7 Å². The van der Waals surface area contributed by atoms with E-state index >= 15 is 0 Å². The van der Waals surface area contributed by atoms with Crippen LogP contribution in [0.15, 0.2) is 36.5 Å². The largest absolute Gasteiger partial charge is 0.310 e. The summed E-state index contributed by atoms with van der Waals surface area (Å²) in [5.41, 5.74) is 2.74. The van der Waals surface area contributed by atoms with E-state index in [2.05, 4.69) is 62.3 Å². The third-order valence-corrected chi connectivity index (χ3v) is 3.31. The molecule has 0 amide bonds. The number of hydrogen-bond acceptors (Lipinski definition) is 2. The lowest BCUT2D eigenvalue weighted by molar-refractivity contribution is 0.315. The van der Waals surface area contributed by atoms with Crippen molar-refractivity contribution in [2.24, 2.45) is 5.41 Å². The molecule has 0 aliphatic carbocycles. The summed E-state index contributed by atoms with van der Waals surface area (Å²) in [5.74, 6) is 0. The molecule has 1 atom stereocenters.